The Labute approximate surface area is 94.6 Å². The molecule has 0 heterocycles. The second kappa shape index (κ2) is 6.44. The van der Waals surface area contributed by atoms with Crippen LogP contribution in [-0.4, -0.2) is 36.3 Å². The van der Waals surface area contributed by atoms with E-state index in [9.17, 15) is 26.3 Å². The third-order valence-electron chi connectivity index (χ3n) is 1.90. The Morgan fingerprint density at radius 3 is 1.82 bits per heavy atom. The van der Waals surface area contributed by atoms with Gasteiger partial charge < -0.3 is 9.84 Å². The molecule has 0 aromatic carbocycles. The zero-order chi connectivity index (χ0) is 13.7. The molecule has 1 N–H and O–H groups in total. The summed E-state index contributed by atoms with van der Waals surface area (Å²) in [4.78, 5) is 0. The molecule has 0 fully saturated rings. The molecule has 0 bridgehead atoms. The first-order valence-corrected chi connectivity index (χ1v) is 4.98. The molecule has 1 unspecified atom stereocenters. The van der Waals surface area contributed by atoms with Crippen molar-refractivity contribution in [2.45, 2.75) is 50.7 Å². The van der Waals surface area contributed by atoms with Gasteiger partial charge in [0, 0.05) is 6.61 Å². The van der Waals surface area contributed by atoms with Crippen LogP contribution in [-0.2, 0) is 4.74 Å². The monoisotopic (exact) mass is 268 g/mol. The van der Waals surface area contributed by atoms with Gasteiger partial charge in [0.15, 0.2) is 0 Å². The number of aliphatic hydroxyl groups excluding tert-OH is 1. The van der Waals surface area contributed by atoms with Crippen molar-refractivity contribution >= 4 is 0 Å². The number of hydrogen-bond donors (Lipinski definition) is 1. The van der Waals surface area contributed by atoms with Crippen molar-refractivity contribution in [2.24, 2.45) is 0 Å². The molecule has 1 atom stereocenters. The highest BCUT2D eigenvalue weighted by molar-refractivity contribution is 4.75. The maximum atomic E-state index is 12.0. The van der Waals surface area contributed by atoms with Crippen LogP contribution < -0.4 is 0 Å². The van der Waals surface area contributed by atoms with Crippen molar-refractivity contribution in [1.29, 1.82) is 0 Å². The Bertz CT molecular complexity index is 197. The summed E-state index contributed by atoms with van der Waals surface area (Å²) in [5, 5.41) is 8.82. The first kappa shape index (κ1) is 16.5. The van der Waals surface area contributed by atoms with Gasteiger partial charge in [0.2, 0.25) is 6.10 Å². The fraction of sp³-hybridized carbons (Fsp3) is 1.00. The molecule has 0 radical (unpaired) electrons. The van der Waals surface area contributed by atoms with Crippen LogP contribution in [0.2, 0.25) is 0 Å². The van der Waals surface area contributed by atoms with E-state index in [4.69, 9.17) is 5.11 Å². The van der Waals surface area contributed by atoms with Crippen LogP contribution in [0.1, 0.15) is 26.2 Å². The molecule has 17 heavy (non-hydrogen) atoms. The summed E-state index contributed by atoms with van der Waals surface area (Å²) in [6, 6.07) is 0. The van der Waals surface area contributed by atoms with Crippen molar-refractivity contribution in [3.05, 3.63) is 0 Å². The van der Waals surface area contributed by atoms with Gasteiger partial charge in [-0.3, -0.25) is 0 Å². The highest BCUT2D eigenvalue weighted by atomic mass is 19.4. The van der Waals surface area contributed by atoms with E-state index in [0.29, 0.717) is 12.8 Å². The number of aliphatic hydroxyl groups is 1. The van der Waals surface area contributed by atoms with Crippen LogP contribution in [0, 0.1) is 0 Å². The molecule has 0 rings (SSSR count). The van der Waals surface area contributed by atoms with E-state index in [-0.39, 0.29) is 6.42 Å². The van der Waals surface area contributed by atoms with Gasteiger partial charge in [-0.25, -0.2) is 0 Å². The van der Waals surface area contributed by atoms with E-state index in [0.717, 1.165) is 0 Å². The van der Waals surface area contributed by atoms with Gasteiger partial charge in [0.25, 0.3) is 0 Å². The van der Waals surface area contributed by atoms with Crippen LogP contribution in [0.4, 0.5) is 26.3 Å². The lowest BCUT2D eigenvalue weighted by Crippen LogP contribution is -2.44. The summed E-state index contributed by atoms with van der Waals surface area (Å²) in [5.41, 5.74) is 0. The molecule has 0 aliphatic heterocycles. The molecule has 0 saturated carbocycles. The summed E-state index contributed by atoms with van der Waals surface area (Å²) in [7, 11) is 0. The normalized spacial score (nSPS) is 15.4. The molecule has 2 nitrogen and oxygen atoms in total. The number of hydrogen-bond acceptors (Lipinski definition) is 2. The summed E-state index contributed by atoms with van der Waals surface area (Å²) >= 11 is 0. The van der Waals surface area contributed by atoms with Crippen LogP contribution in [0.15, 0.2) is 0 Å². The quantitative estimate of drug-likeness (QED) is 0.592. The Hall–Kier alpha value is -0.500. The summed E-state index contributed by atoms with van der Waals surface area (Å²) < 4.78 is 75.6. The average Bonchev–Trinajstić information content (AvgIpc) is 2.05. The zero-order valence-corrected chi connectivity index (χ0v) is 9.11. The lowest BCUT2D eigenvalue weighted by Gasteiger charge is -2.23. The SMILES string of the molecule is CC(O)CCCCOC(C(F)(F)F)C(F)(F)F. The van der Waals surface area contributed by atoms with Crippen molar-refractivity contribution in [3.8, 4) is 0 Å². The second-order valence-electron chi connectivity index (χ2n) is 3.68. The first-order chi connectivity index (χ1) is 7.55. The predicted molar refractivity (Wildman–Crippen MR) is 47.4 cm³/mol. The van der Waals surface area contributed by atoms with Gasteiger partial charge in [-0.05, 0) is 26.2 Å². The Kier molecular flexibility index (Phi) is 6.25. The summed E-state index contributed by atoms with van der Waals surface area (Å²) in [5.74, 6) is 0. The van der Waals surface area contributed by atoms with Crippen molar-refractivity contribution in [1.82, 2.24) is 0 Å². The average molecular weight is 268 g/mol. The lowest BCUT2D eigenvalue weighted by molar-refractivity contribution is -0.321. The number of unbranched alkanes of at least 4 members (excludes halogenated alkanes) is 1. The van der Waals surface area contributed by atoms with Gasteiger partial charge in [0.1, 0.15) is 0 Å². The van der Waals surface area contributed by atoms with E-state index < -0.39 is 31.2 Å². The number of rotatable bonds is 6. The third-order valence-corrected chi connectivity index (χ3v) is 1.90. The highest BCUT2D eigenvalue weighted by Gasteiger charge is 2.57. The molecule has 104 valence electrons. The van der Waals surface area contributed by atoms with E-state index in [1.54, 1.807) is 0 Å². The van der Waals surface area contributed by atoms with Crippen molar-refractivity contribution in [3.63, 3.8) is 0 Å². The fourth-order valence-electron chi connectivity index (χ4n) is 1.12. The maximum absolute atomic E-state index is 12.0. The minimum atomic E-state index is -5.46. The lowest BCUT2D eigenvalue weighted by atomic mass is 10.2. The van der Waals surface area contributed by atoms with Gasteiger partial charge >= 0.3 is 12.4 Å². The molecule has 0 aromatic heterocycles. The van der Waals surface area contributed by atoms with Gasteiger partial charge in [-0.15, -0.1) is 0 Å². The Morgan fingerprint density at radius 1 is 1.00 bits per heavy atom. The smallest absolute Gasteiger partial charge is 0.393 e. The van der Waals surface area contributed by atoms with Crippen molar-refractivity contribution in [2.75, 3.05) is 6.61 Å². The molecule has 0 aliphatic rings. The fourth-order valence-corrected chi connectivity index (χ4v) is 1.12. The van der Waals surface area contributed by atoms with Gasteiger partial charge in [-0.2, -0.15) is 26.3 Å². The molecule has 0 saturated heterocycles. The van der Waals surface area contributed by atoms with E-state index in [1.165, 1.54) is 6.92 Å². The predicted octanol–water partition coefficient (Wildman–Crippen LogP) is 3.05. The van der Waals surface area contributed by atoms with Gasteiger partial charge in [0.05, 0.1) is 6.10 Å². The minimum Gasteiger partial charge on any atom is -0.393 e. The summed E-state index contributed by atoms with van der Waals surface area (Å²) in [6.07, 6.45) is -14.6. The molecule has 0 aliphatic carbocycles. The van der Waals surface area contributed by atoms with E-state index >= 15 is 0 Å². The molecule has 0 amide bonds. The molecular weight excluding hydrogens is 254 g/mol. The van der Waals surface area contributed by atoms with Crippen LogP contribution in [0.5, 0.6) is 0 Å². The number of halogens is 6. The third kappa shape index (κ3) is 7.43. The number of ether oxygens (including phenoxy) is 1. The van der Waals surface area contributed by atoms with Crippen LogP contribution in [0.3, 0.4) is 0 Å². The topological polar surface area (TPSA) is 29.5 Å². The largest absolute Gasteiger partial charge is 0.423 e. The number of alkyl halides is 6. The van der Waals surface area contributed by atoms with Crippen LogP contribution >= 0.6 is 0 Å². The Balaban J connectivity index is 4.04. The minimum absolute atomic E-state index is 0.0353. The molecule has 0 aromatic rings. The van der Waals surface area contributed by atoms with E-state index in [1.807, 2.05) is 0 Å². The first-order valence-electron chi connectivity index (χ1n) is 4.98. The highest BCUT2D eigenvalue weighted by Crippen LogP contribution is 2.35. The molecule has 0 spiro atoms. The van der Waals surface area contributed by atoms with E-state index in [2.05, 4.69) is 4.74 Å². The zero-order valence-electron chi connectivity index (χ0n) is 9.11. The summed E-state index contributed by atoms with van der Waals surface area (Å²) in [6.45, 7) is 0.839. The maximum Gasteiger partial charge on any atom is 0.423 e. The second-order valence-corrected chi connectivity index (χ2v) is 3.68. The molecule has 8 heteroatoms. The van der Waals surface area contributed by atoms with Crippen molar-refractivity contribution < 1.29 is 36.2 Å². The Morgan fingerprint density at radius 2 is 1.47 bits per heavy atom. The molecular formula is C9H14F6O2. The standard InChI is InChI=1S/C9H14F6O2/c1-6(16)4-2-3-5-17-7(8(10,11)12)9(13,14)15/h6-7,16H,2-5H2,1H3. The van der Waals surface area contributed by atoms with Crippen LogP contribution in [0.25, 0.3) is 0 Å². The van der Waals surface area contributed by atoms with Gasteiger partial charge in [-0.1, -0.05) is 0 Å².